The molecule has 0 radical (unpaired) electrons. The van der Waals surface area contributed by atoms with Crippen molar-refractivity contribution in [3.8, 4) is 5.75 Å². The van der Waals surface area contributed by atoms with E-state index < -0.39 is 0 Å². The zero-order valence-electron chi connectivity index (χ0n) is 10.2. The lowest BCUT2D eigenvalue weighted by Crippen LogP contribution is -2.50. The molecule has 1 heterocycles. The Labute approximate surface area is 101 Å². The molecule has 1 amide bonds. The van der Waals surface area contributed by atoms with Crippen LogP contribution in [-0.2, 0) is 11.3 Å². The summed E-state index contributed by atoms with van der Waals surface area (Å²) in [5, 5.41) is 6.02. The Hall–Kier alpha value is -1.55. The number of ether oxygens (including phenoxy) is 1. The molecule has 1 aromatic rings. The van der Waals surface area contributed by atoms with Gasteiger partial charge in [-0.3, -0.25) is 4.79 Å². The van der Waals surface area contributed by atoms with E-state index in [2.05, 4.69) is 10.6 Å². The lowest BCUT2D eigenvalue weighted by Gasteiger charge is -2.25. The Morgan fingerprint density at radius 1 is 1.53 bits per heavy atom. The summed E-state index contributed by atoms with van der Waals surface area (Å²) < 4.78 is 5.30. The minimum atomic E-state index is 0.117. The van der Waals surface area contributed by atoms with Crippen molar-refractivity contribution in [2.75, 3.05) is 20.2 Å². The van der Waals surface area contributed by atoms with Crippen LogP contribution in [0.15, 0.2) is 18.2 Å². The second-order valence-electron chi connectivity index (χ2n) is 4.39. The molecule has 1 aromatic carbocycles. The molecular weight excluding hydrogens is 216 g/mol. The van der Waals surface area contributed by atoms with Crippen molar-refractivity contribution in [2.45, 2.75) is 13.5 Å². The van der Waals surface area contributed by atoms with E-state index in [4.69, 9.17) is 4.74 Å². The van der Waals surface area contributed by atoms with E-state index in [0.29, 0.717) is 6.54 Å². The fraction of sp³-hybridized carbons (Fsp3) is 0.462. The number of carbonyl (C=O) groups is 1. The molecule has 4 nitrogen and oxygen atoms in total. The molecule has 0 aromatic heterocycles. The number of benzene rings is 1. The maximum atomic E-state index is 11.7. The van der Waals surface area contributed by atoms with Crippen LogP contribution in [0.1, 0.15) is 11.1 Å². The van der Waals surface area contributed by atoms with Crippen molar-refractivity contribution in [2.24, 2.45) is 5.92 Å². The van der Waals surface area contributed by atoms with Gasteiger partial charge in [0, 0.05) is 25.2 Å². The first kappa shape index (κ1) is 11.9. The van der Waals surface area contributed by atoms with Crippen LogP contribution in [0, 0.1) is 12.8 Å². The van der Waals surface area contributed by atoms with Crippen molar-refractivity contribution in [1.82, 2.24) is 10.6 Å². The number of amides is 1. The van der Waals surface area contributed by atoms with Crippen LogP contribution in [0.5, 0.6) is 5.75 Å². The Kier molecular flexibility index (Phi) is 3.64. The fourth-order valence-corrected chi connectivity index (χ4v) is 1.80. The van der Waals surface area contributed by atoms with Crippen molar-refractivity contribution < 1.29 is 9.53 Å². The molecule has 1 fully saturated rings. The number of rotatable bonds is 4. The van der Waals surface area contributed by atoms with Gasteiger partial charge in [0.25, 0.3) is 0 Å². The summed E-state index contributed by atoms with van der Waals surface area (Å²) >= 11 is 0. The van der Waals surface area contributed by atoms with Crippen LogP contribution < -0.4 is 15.4 Å². The molecule has 2 N–H and O–H groups in total. The SMILES string of the molecule is COc1cc(C)ccc1CNC(=O)C1CNC1. The number of carbonyl (C=O) groups excluding carboxylic acids is 1. The molecule has 0 bridgehead atoms. The van der Waals surface area contributed by atoms with Gasteiger partial charge in [0.2, 0.25) is 5.91 Å². The molecule has 2 rings (SSSR count). The Morgan fingerprint density at radius 3 is 2.88 bits per heavy atom. The van der Waals surface area contributed by atoms with Gasteiger partial charge in [-0.25, -0.2) is 0 Å². The van der Waals surface area contributed by atoms with Crippen LogP contribution in [0.25, 0.3) is 0 Å². The van der Waals surface area contributed by atoms with Crippen LogP contribution in [-0.4, -0.2) is 26.1 Å². The van der Waals surface area contributed by atoms with Gasteiger partial charge >= 0.3 is 0 Å². The summed E-state index contributed by atoms with van der Waals surface area (Å²) in [5.41, 5.74) is 2.17. The first-order valence-corrected chi connectivity index (χ1v) is 5.82. The third-order valence-corrected chi connectivity index (χ3v) is 3.05. The van der Waals surface area contributed by atoms with Gasteiger partial charge in [0.1, 0.15) is 5.75 Å². The number of hydrogen-bond donors (Lipinski definition) is 2. The second-order valence-corrected chi connectivity index (χ2v) is 4.39. The summed E-state index contributed by atoms with van der Waals surface area (Å²) in [6.07, 6.45) is 0. The highest BCUT2D eigenvalue weighted by atomic mass is 16.5. The lowest BCUT2D eigenvalue weighted by molar-refractivity contribution is -0.126. The van der Waals surface area contributed by atoms with Gasteiger partial charge in [-0.2, -0.15) is 0 Å². The second kappa shape index (κ2) is 5.19. The molecule has 0 aliphatic carbocycles. The molecule has 1 saturated heterocycles. The minimum absolute atomic E-state index is 0.117. The zero-order chi connectivity index (χ0) is 12.3. The lowest BCUT2D eigenvalue weighted by atomic mass is 10.0. The van der Waals surface area contributed by atoms with Gasteiger partial charge in [0.15, 0.2) is 0 Å². The smallest absolute Gasteiger partial charge is 0.225 e. The van der Waals surface area contributed by atoms with E-state index in [1.54, 1.807) is 7.11 Å². The summed E-state index contributed by atoms with van der Waals surface area (Å²) in [6.45, 7) is 4.12. The van der Waals surface area contributed by atoms with Crippen molar-refractivity contribution in [1.29, 1.82) is 0 Å². The summed E-state index contributed by atoms with van der Waals surface area (Å²) in [6, 6.07) is 5.99. The average Bonchev–Trinajstić information content (AvgIpc) is 2.24. The molecule has 0 saturated carbocycles. The topological polar surface area (TPSA) is 50.4 Å². The zero-order valence-corrected chi connectivity index (χ0v) is 10.2. The van der Waals surface area contributed by atoms with Crippen LogP contribution in [0.4, 0.5) is 0 Å². The number of hydrogen-bond acceptors (Lipinski definition) is 3. The molecule has 0 unspecified atom stereocenters. The van der Waals surface area contributed by atoms with E-state index in [9.17, 15) is 4.79 Å². The minimum Gasteiger partial charge on any atom is -0.496 e. The van der Waals surface area contributed by atoms with Gasteiger partial charge in [-0.05, 0) is 18.6 Å². The Morgan fingerprint density at radius 2 is 2.29 bits per heavy atom. The van der Waals surface area contributed by atoms with Gasteiger partial charge in [-0.15, -0.1) is 0 Å². The Bertz CT molecular complexity index is 414. The van der Waals surface area contributed by atoms with E-state index in [-0.39, 0.29) is 11.8 Å². The number of methoxy groups -OCH3 is 1. The largest absolute Gasteiger partial charge is 0.496 e. The Balaban J connectivity index is 1.95. The summed E-state index contributed by atoms with van der Waals surface area (Å²) in [7, 11) is 1.65. The molecule has 4 heteroatoms. The van der Waals surface area contributed by atoms with E-state index in [0.717, 1.165) is 30.0 Å². The van der Waals surface area contributed by atoms with E-state index in [1.807, 2.05) is 25.1 Å². The van der Waals surface area contributed by atoms with Gasteiger partial charge < -0.3 is 15.4 Å². The normalized spacial score (nSPS) is 15.2. The van der Waals surface area contributed by atoms with Crippen molar-refractivity contribution >= 4 is 5.91 Å². The van der Waals surface area contributed by atoms with Gasteiger partial charge in [0.05, 0.1) is 13.0 Å². The summed E-state index contributed by atoms with van der Waals surface area (Å²) in [4.78, 5) is 11.7. The number of nitrogens with one attached hydrogen (secondary N) is 2. The van der Waals surface area contributed by atoms with E-state index in [1.165, 1.54) is 0 Å². The first-order valence-electron chi connectivity index (χ1n) is 5.82. The fourth-order valence-electron chi connectivity index (χ4n) is 1.80. The molecule has 1 aliphatic heterocycles. The van der Waals surface area contributed by atoms with E-state index >= 15 is 0 Å². The maximum absolute atomic E-state index is 11.7. The van der Waals surface area contributed by atoms with Crippen LogP contribution >= 0.6 is 0 Å². The molecule has 17 heavy (non-hydrogen) atoms. The highest BCUT2D eigenvalue weighted by Gasteiger charge is 2.24. The van der Waals surface area contributed by atoms with Crippen LogP contribution in [0.3, 0.4) is 0 Å². The molecule has 92 valence electrons. The highest BCUT2D eigenvalue weighted by molar-refractivity contribution is 5.80. The predicted octanol–water partition coefficient (Wildman–Crippen LogP) is 0.839. The van der Waals surface area contributed by atoms with Gasteiger partial charge in [-0.1, -0.05) is 12.1 Å². The molecule has 0 spiro atoms. The van der Waals surface area contributed by atoms with Crippen molar-refractivity contribution in [3.05, 3.63) is 29.3 Å². The molecular formula is C13H18N2O2. The third kappa shape index (κ3) is 2.77. The number of aryl methyl sites for hydroxylation is 1. The average molecular weight is 234 g/mol. The molecule has 1 aliphatic rings. The third-order valence-electron chi connectivity index (χ3n) is 3.05. The quantitative estimate of drug-likeness (QED) is 0.811. The first-order chi connectivity index (χ1) is 8.20. The molecule has 0 atom stereocenters. The standard InChI is InChI=1S/C13H18N2O2/c1-9-3-4-10(12(5-9)17-2)8-15-13(16)11-6-14-7-11/h3-5,11,14H,6-8H2,1-2H3,(H,15,16). The summed E-state index contributed by atoms with van der Waals surface area (Å²) in [5.74, 6) is 1.08. The monoisotopic (exact) mass is 234 g/mol. The maximum Gasteiger partial charge on any atom is 0.225 e. The predicted molar refractivity (Wildman–Crippen MR) is 65.9 cm³/mol. The highest BCUT2D eigenvalue weighted by Crippen LogP contribution is 2.19. The van der Waals surface area contributed by atoms with Crippen LogP contribution in [0.2, 0.25) is 0 Å². The van der Waals surface area contributed by atoms with Crippen molar-refractivity contribution in [3.63, 3.8) is 0 Å².